The van der Waals surface area contributed by atoms with Crippen LogP contribution in [-0.4, -0.2) is 32.0 Å². The van der Waals surface area contributed by atoms with Gasteiger partial charge in [-0.05, 0) is 36.4 Å². The number of Topliss-reactive ketones (excluding diaryl/α,β-unsaturated/α-hetero) is 1. The van der Waals surface area contributed by atoms with Crippen molar-refractivity contribution in [3.05, 3.63) is 63.2 Å². The zero-order valence-corrected chi connectivity index (χ0v) is 14.5. The number of nitro benzene ring substituents is 1. The highest BCUT2D eigenvalue weighted by Gasteiger charge is 2.17. The highest BCUT2D eigenvalue weighted by atomic mass is 35.5. The van der Waals surface area contributed by atoms with Crippen LogP contribution < -0.4 is 9.46 Å². The van der Waals surface area contributed by atoms with Crippen molar-refractivity contribution in [1.29, 1.82) is 0 Å². The summed E-state index contributed by atoms with van der Waals surface area (Å²) in [6.07, 6.45) is 1.01. The van der Waals surface area contributed by atoms with Gasteiger partial charge in [0.15, 0.2) is 18.1 Å². The van der Waals surface area contributed by atoms with Gasteiger partial charge in [0.2, 0.25) is 10.0 Å². The predicted octanol–water partition coefficient (Wildman–Crippen LogP) is 2.88. The van der Waals surface area contributed by atoms with Crippen molar-refractivity contribution in [2.45, 2.75) is 0 Å². The van der Waals surface area contributed by atoms with E-state index in [1.54, 1.807) is 0 Å². The lowest BCUT2D eigenvalue weighted by atomic mass is 10.1. The van der Waals surface area contributed by atoms with Gasteiger partial charge < -0.3 is 4.74 Å². The normalized spacial score (nSPS) is 11.0. The minimum absolute atomic E-state index is 0.0712. The molecule has 25 heavy (non-hydrogen) atoms. The van der Waals surface area contributed by atoms with E-state index in [0.717, 1.165) is 12.3 Å². The van der Waals surface area contributed by atoms with Crippen LogP contribution in [0.4, 0.5) is 11.4 Å². The SMILES string of the molecule is CS(=O)(=O)Nc1ccc(C(=O)COc2ccc(Cl)cc2[N+](=O)[O-])cc1. The first-order valence-corrected chi connectivity index (χ1v) is 9.10. The van der Waals surface area contributed by atoms with Crippen LogP contribution in [0.15, 0.2) is 42.5 Å². The van der Waals surface area contributed by atoms with Crippen LogP contribution in [0.5, 0.6) is 5.75 Å². The van der Waals surface area contributed by atoms with Gasteiger partial charge in [0.25, 0.3) is 0 Å². The molecule has 0 amide bonds. The zero-order valence-electron chi connectivity index (χ0n) is 12.9. The van der Waals surface area contributed by atoms with Crippen molar-refractivity contribution in [2.75, 3.05) is 17.6 Å². The molecule has 0 unspecified atom stereocenters. The van der Waals surface area contributed by atoms with Gasteiger partial charge in [0, 0.05) is 22.3 Å². The highest BCUT2D eigenvalue weighted by Crippen LogP contribution is 2.30. The number of ether oxygens (including phenoxy) is 1. The first-order valence-electron chi connectivity index (χ1n) is 6.83. The predicted molar refractivity (Wildman–Crippen MR) is 92.8 cm³/mol. The Morgan fingerprint density at radius 3 is 2.44 bits per heavy atom. The van der Waals surface area contributed by atoms with Crippen LogP contribution in [0.25, 0.3) is 0 Å². The third kappa shape index (κ3) is 5.44. The van der Waals surface area contributed by atoms with Gasteiger partial charge >= 0.3 is 5.69 Å². The lowest BCUT2D eigenvalue weighted by molar-refractivity contribution is -0.385. The summed E-state index contributed by atoms with van der Waals surface area (Å²) < 4.78 is 29.7. The molecule has 2 aromatic rings. The Kier molecular flexibility index (Phi) is 5.60. The Labute approximate surface area is 148 Å². The molecule has 0 aromatic heterocycles. The molecule has 0 fully saturated rings. The minimum Gasteiger partial charge on any atom is -0.478 e. The highest BCUT2D eigenvalue weighted by molar-refractivity contribution is 7.92. The number of hydrogen-bond acceptors (Lipinski definition) is 6. The van der Waals surface area contributed by atoms with Crippen LogP contribution in [0.3, 0.4) is 0 Å². The van der Waals surface area contributed by atoms with E-state index in [4.69, 9.17) is 16.3 Å². The largest absolute Gasteiger partial charge is 0.478 e. The summed E-state index contributed by atoms with van der Waals surface area (Å²) in [7, 11) is -3.41. The Morgan fingerprint density at radius 1 is 1.24 bits per heavy atom. The Bertz CT molecular complexity index is 912. The quantitative estimate of drug-likeness (QED) is 0.445. The number of hydrogen-bond donors (Lipinski definition) is 1. The van der Waals surface area contributed by atoms with Crippen LogP contribution in [0.1, 0.15) is 10.4 Å². The van der Waals surface area contributed by atoms with Crippen LogP contribution in [0, 0.1) is 10.1 Å². The lowest BCUT2D eigenvalue weighted by Gasteiger charge is -2.08. The molecule has 2 aromatic carbocycles. The van der Waals surface area contributed by atoms with Gasteiger partial charge in [-0.3, -0.25) is 19.6 Å². The number of nitro groups is 1. The van der Waals surface area contributed by atoms with E-state index < -0.39 is 27.3 Å². The van der Waals surface area contributed by atoms with E-state index in [2.05, 4.69) is 4.72 Å². The number of ketones is 1. The molecule has 0 aliphatic carbocycles. The number of sulfonamides is 1. The fourth-order valence-electron chi connectivity index (χ4n) is 1.92. The molecule has 0 bridgehead atoms. The summed E-state index contributed by atoms with van der Waals surface area (Å²) in [5.41, 5.74) is 0.247. The molecule has 10 heteroatoms. The zero-order chi connectivity index (χ0) is 18.6. The maximum atomic E-state index is 12.1. The number of halogens is 1. The molecule has 2 rings (SSSR count). The molecule has 0 aliphatic rings. The first-order chi connectivity index (χ1) is 11.7. The summed E-state index contributed by atoms with van der Waals surface area (Å²) in [4.78, 5) is 22.4. The van der Waals surface area contributed by atoms with Gasteiger partial charge in [-0.15, -0.1) is 0 Å². The lowest BCUT2D eigenvalue weighted by Crippen LogP contribution is -2.13. The Balaban J connectivity index is 2.07. The second-order valence-electron chi connectivity index (χ2n) is 5.03. The fourth-order valence-corrected chi connectivity index (χ4v) is 2.65. The number of benzene rings is 2. The van der Waals surface area contributed by atoms with Crippen molar-refractivity contribution in [2.24, 2.45) is 0 Å². The number of anilines is 1. The van der Waals surface area contributed by atoms with Gasteiger partial charge in [0.1, 0.15) is 0 Å². The second kappa shape index (κ2) is 7.49. The van der Waals surface area contributed by atoms with E-state index in [0.29, 0.717) is 5.69 Å². The standard InChI is InChI=1S/C15H13ClN2O6S/c1-25(22,23)17-12-5-2-10(3-6-12)14(19)9-24-15-7-4-11(16)8-13(15)18(20)21/h2-8,17H,9H2,1H3. The van der Waals surface area contributed by atoms with E-state index in [1.807, 2.05) is 0 Å². The molecule has 0 saturated carbocycles. The molecule has 0 heterocycles. The van der Waals surface area contributed by atoms with E-state index in [-0.39, 0.29) is 22.0 Å². The first kappa shape index (κ1) is 18.7. The summed E-state index contributed by atoms with van der Waals surface area (Å²) in [6, 6.07) is 9.57. The molecular weight excluding hydrogens is 372 g/mol. The molecule has 1 N–H and O–H groups in total. The van der Waals surface area contributed by atoms with Crippen LogP contribution in [0.2, 0.25) is 5.02 Å². The molecule has 0 spiro atoms. The maximum Gasteiger partial charge on any atom is 0.312 e. The van der Waals surface area contributed by atoms with Gasteiger partial charge in [-0.2, -0.15) is 0 Å². The number of nitrogens with one attached hydrogen (secondary N) is 1. The van der Waals surface area contributed by atoms with Crippen LogP contribution in [-0.2, 0) is 10.0 Å². The van der Waals surface area contributed by atoms with Gasteiger partial charge in [0.05, 0.1) is 11.2 Å². The third-order valence-corrected chi connectivity index (χ3v) is 3.83. The van der Waals surface area contributed by atoms with Crippen molar-refractivity contribution >= 4 is 38.8 Å². The monoisotopic (exact) mass is 384 g/mol. The number of rotatable bonds is 7. The Hall–Kier alpha value is -2.65. The molecule has 0 aliphatic heterocycles. The molecule has 132 valence electrons. The number of carbonyl (C=O) groups excluding carboxylic acids is 1. The van der Waals surface area contributed by atoms with Crippen LogP contribution >= 0.6 is 11.6 Å². The van der Waals surface area contributed by atoms with Gasteiger partial charge in [-0.25, -0.2) is 8.42 Å². The maximum absolute atomic E-state index is 12.1. The Morgan fingerprint density at radius 2 is 1.88 bits per heavy atom. The summed E-state index contributed by atoms with van der Waals surface area (Å²) in [5.74, 6) is -0.492. The second-order valence-corrected chi connectivity index (χ2v) is 7.22. The van der Waals surface area contributed by atoms with E-state index in [9.17, 15) is 23.3 Å². The topological polar surface area (TPSA) is 116 Å². The smallest absolute Gasteiger partial charge is 0.312 e. The third-order valence-electron chi connectivity index (χ3n) is 2.99. The molecule has 8 nitrogen and oxygen atoms in total. The van der Waals surface area contributed by atoms with Gasteiger partial charge in [-0.1, -0.05) is 11.6 Å². The minimum atomic E-state index is -3.41. The molecule has 0 radical (unpaired) electrons. The number of carbonyl (C=O) groups is 1. The fraction of sp³-hybridized carbons (Fsp3) is 0.133. The van der Waals surface area contributed by atoms with Crippen molar-refractivity contribution in [3.8, 4) is 5.75 Å². The summed E-state index contributed by atoms with van der Waals surface area (Å²) in [6.45, 7) is -0.415. The summed E-state index contributed by atoms with van der Waals surface area (Å²) in [5, 5.41) is 11.1. The molecule has 0 atom stereocenters. The summed E-state index contributed by atoms with van der Waals surface area (Å²) >= 11 is 5.70. The average molecular weight is 385 g/mol. The van der Waals surface area contributed by atoms with E-state index >= 15 is 0 Å². The average Bonchev–Trinajstić information content (AvgIpc) is 2.52. The van der Waals surface area contributed by atoms with Crippen molar-refractivity contribution < 1.29 is 22.9 Å². The van der Waals surface area contributed by atoms with Crippen molar-refractivity contribution in [3.63, 3.8) is 0 Å². The van der Waals surface area contributed by atoms with E-state index in [1.165, 1.54) is 36.4 Å². The molecule has 0 saturated heterocycles. The number of nitrogens with zero attached hydrogens (tertiary/aromatic N) is 1. The molecular formula is C15H13ClN2O6S. The van der Waals surface area contributed by atoms with Crippen molar-refractivity contribution in [1.82, 2.24) is 0 Å².